The molecule has 6 heteroatoms. The highest BCUT2D eigenvalue weighted by Crippen LogP contribution is 2.19. The number of halogens is 1. The molecule has 0 fully saturated rings. The van der Waals surface area contributed by atoms with Gasteiger partial charge in [-0.1, -0.05) is 24.9 Å². The Balaban J connectivity index is 2.97. The number of anilines is 1. The van der Waals surface area contributed by atoms with Crippen molar-refractivity contribution in [1.82, 2.24) is 4.98 Å². The Hall–Kier alpha value is -1.33. The molecule has 0 bridgehead atoms. The molecule has 0 atom stereocenters. The van der Waals surface area contributed by atoms with E-state index < -0.39 is 5.97 Å². The second-order valence-electron chi connectivity index (χ2n) is 3.87. The van der Waals surface area contributed by atoms with Crippen LogP contribution in [0.3, 0.4) is 0 Å². The molecule has 1 aromatic heterocycles. The maximum atomic E-state index is 11.0. The van der Waals surface area contributed by atoms with Gasteiger partial charge in [-0.25, -0.2) is 9.78 Å². The third-order valence-electron chi connectivity index (χ3n) is 2.51. The molecule has 18 heavy (non-hydrogen) atoms. The van der Waals surface area contributed by atoms with Crippen LogP contribution in [-0.4, -0.2) is 40.9 Å². The van der Waals surface area contributed by atoms with Crippen molar-refractivity contribution in [2.24, 2.45) is 0 Å². The number of pyridine rings is 1. The molecule has 0 amide bonds. The maximum absolute atomic E-state index is 11.0. The normalized spacial score (nSPS) is 10.4. The van der Waals surface area contributed by atoms with Crippen LogP contribution < -0.4 is 4.90 Å². The molecule has 2 N–H and O–H groups in total. The quantitative estimate of drug-likeness (QED) is 0.794. The van der Waals surface area contributed by atoms with E-state index in [0.717, 1.165) is 19.4 Å². The first-order valence-electron chi connectivity index (χ1n) is 5.85. The van der Waals surface area contributed by atoms with Gasteiger partial charge in [0.2, 0.25) is 0 Å². The van der Waals surface area contributed by atoms with Crippen molar-refractivity contribution >= 4 is 23.4 Å². The molecule has 1 rings (SSSR count). The summed E-state index contributed by atoms with van der Waals surface area (Å²) in [5.74, 6) is -0.624. The number of unbranched alkanes of at least 4 members (excludes halogenated alkanes) is 1. The van der Waals surface area contributed by atoms with Crippen LogP contribution in [0.1, 0.15) is 30.3 Å². The number of aliphatic hydroxyl groups is 1. The monoisotopic (exact) mass is 272 g/mol. The molecule has 0 saturated heterocycles. The van der Waals surface area contributed by atoms with E-state index in [2.05, 4.69) is 11.9 Å². The number of carboxylic acids is 1. The Morgan fingerprint density at radius 3 is 2.72 bits per heavy atom. The van der Waals surface area contributed by atoms with Crippen LogP contribution in [-0.2, 0) is 0 Å². The fraction of sp³-hybridized carbons (Fsp3) is 0.500. The third kappa shape index (κ3) is 3.85. The van der Waals surface area contributed by atoms with Crippen LogP contribution in [0.4, 0.5) is 5.82 Å². The van der Waals surface area contributed by atoms with Crippen LogP contribution >= 0.6 is 11.6 Å². The van der Waals surface area contributed by atoms with Crippen molar-refractivity contribution in [2.45, 2.75) is 19.8 Å². The molecule has 1 heterocycles. The average molecular weight is 273 g/mol. The van der Waals surface area contributed by atoms with Gasteiger partial charge in [0.25, 0.3) is 0 Å². The zero-order valence-electron chi connectivity index (χ0n) is 10.3. The first kappa shape index (κ1) is 14.7. The standard InChI is InChI=1S/C12H17ClN2O3/c1-2-3-6-15(7-8-16)10-5-4-9(13)11(14-10)12(17)18/h4-5,16H,2-3,6-8H2,1H3,(H,17,18). The number of aliphatic hydroxyl groups excluding tert-OH is 1. The molecule has 0 aromatic carbocycles. The summed E-state index contributed by atoms with van der Waals surface area (Å²) in [5, 5.41) is 18.1. The Kier molecular flexibility index (Phi) is 5.88. The van der Waals surface area contributed by atoms with Gasteiger partial charge in [-0.05, 0) is 18.6 Å². The van der Waals surface area contributed by atoms with Gasteiger partial charge in [0.05, 0.1) is 11.6 Å². The van der Waals surface area contributed by atoms with Crippen LogP contribution in [0.5, 0.6) is 0 Å². The summed E-state index contributed by atoms with van der Waals surface area (Å²) in [7, 11) is 0. The molecule has 0 saturated carbocycles. The lowest BCUT2D eigenvalue weighted by Crippen LogP contribution is -2.29. The van der Waals surface area contributed by atoms with Crippen LogP contribution in [0.2, 0.25) is 5.02 Å². The van der Waals surface area contributed by atoms with E-state index in [9.17, 15) is 4.79 Å². The van der Waals surface area contributed by atoms with Gasteiger partial charge in [-0.2, -0.15) is 0 Å². The third-order valence-corrected chi connectivity index (χ3v) is 2.81. The molecular formula is C12H17ClN2O3. The summed E-state index contributed by atoms with van der Waals surface area (Å²) >= 11 is 5.77. The van der Waals surface area contributed by atoms with E-state index in [-0.39, 0.29) is 17.3 Å². The van der Waals surface area contributed by atoms with Crippen molar-refractivity contribution in [1.29, 1.82) is 0 Å². The van der Waals surface area contributed by atoms with Crippen molar-refractivity contribution in [3.8, 4) is 0 Å². The lowest BCUT2D eigenvalue weighted by atomic mass is 10.3. The zero-order chi connectivity index (χ0) is 13.5. The molecular weight excluding hydrogens is 256 g/mol. The van der Waals surface area contributed by atoms with Gasteiger partial charge >= 0.3 is 5.97 Å². The Morgan fingerprint density at radius 1 is 1.44 bits per heavy atom. The predicted octanol–water partition coefficient (Wildman–Crippen LogP) is 2.03. The zero-order valence-corrected chi connectivity index (χ0v) is 11.0. The summed E-state index contributed by atoms with van der Waals surface area (Å²) < 4.78 is 0. The minimum atomic E-state index is -1.15. The second kappa shape index (κ2) is 7.18. The largest absolute Gasteiger partial charge is 0.476 e. The summed E-state index contributed by atoms with van der Waals surface area (Å²) in [5.41, 5.74) is -0.159. The number of rotatable bonds is 7. The van der Waals surface area contributed by atoms with Crippen molar-refractivity contribution in [3.05, 3.63) is 22.8 Å². The highest BCUT2D eigenvalue weighted by Gasteiger charge is 2.14. The van der Waals surface area contributed by atoms with E-state index in [1.807, 2.05) is 4.90 Å². The fourth-order valence-corrected chi connectivity index (χ4v) is 1.75. The Morgan fingerprint density at radius 2 is 2.17 bits per heavy atom. The Bertz CT molecular complexity index is 412. The van der Waals surface area contributed by atoms with Crippen molar-refractivity contribution in [3.63, 3.8) is 0 Å². The smallest absolute Gasteiger partial charge is 0.356 e. The van der Waals surface area contributed by atoms with Crippen LogP contribution in [0, 0.1) is 0 Å². The molecule has 0 radical (unpaired) electrons. The van der Waals surface area contributed by atoms with E-state index >= 15 is 0 Å². The second-order valence-corrected chi connectivity index (χ2v) is 4.28. The molecule has 0 aliphatic heterocycles. The van der Waals surface area contributed by atoms with E-state index in [0.29, 0.717) is 12.4 Å². The Labute approximate surface area is 111 Å². The van der Waals surface area contributed by atoms with Gasteiger partial charge in [0.1, 0.15) is 5.82 Å². The highest BCUT2D eigenvalue weighted by molar-refractivity contribution is 6.33. The fourth-order valence-electron chi connectivity index (χ4n) is 1.57. The van der Waals surface area contributed by atoms with Crippen molar-refractivity contribution in [2.75, 3.05) is 24.6 Å². The van der Waals surface area contributed by atoms with Gasteiger partial charge in [-0.15, -0.1) is 0 Å². The molecule has 0 spiro atoms. The van der Waals surface area contributed by atoms with Gasteiger partial charge in [0, 0.05) is 13.1 Å². The molecule has 0 aliphatic rings. The SMILES string of the molecule is CCCCN(CCO)c1ccc(Cl)c(C(=O)O)n1. The predicted molar refractivity (Wildman–Crippen MR) is 70.4 cm³/mol. The van der Waals surface area contributed by atoms with Crippen LogP contribution in [0.15, 0.2) is 12.1 Å². The van der Waals surface area contributed by atoms with Gasteiger partial charge in [-0.3, -0.25) is 0 Å². The first-order chi connectivity index (χ1) is 8.60. The minimum Gasteiger partial charge on any atom is -0.476 e. The van der Waals surface area contributed by atoms with Gasteiger partial charge in [0.15, 0.2) is 5.69 Å². The summed E-state index contributed by atoms with van der Waals surface area (Å²) in [6.45, 7) is 3.21. The molecule has 100 valence electrons. The van der Waals surface area contributed by atoms with E-state index in [4.69, 9.17) is 21.8 Å². The molecule has 1 aromatic rings. The number of nitrogens with zero attached hydrogens (tertiary/aromatic N) is 2. The lowest BCUT2D eigenvalue weighted by molar-refractivity contribution is 0.0691. The summed E-state index contributed by atoms with van der Waals surface area (Å²) in [4.78, 5) is 16.8. The number of aromatic carboxylic acids is 1. The average Bonchev–Trinajstić information content (AvgIpc) is 2.35. The number of carboxylic acid groups (broad SMARTS) is 1. The maximum Gasteiger partial charge on any atom is 0.356 e. The topological polar surface area (TPSA) is 73.7 Å². The van der Waals surface area contributed by atoms with E-state index in [1.165, 1.54) is 6.07 Å². The highest BCUT2D eigenvalue weighted by atomic mass is 35.5. The summed E-state index contributed by atoms with van der Waals surface area (Å²) in [6, 6.07) is 3.18. The molecule has 0 unspecified atom stereocenters. The van der Waals surface area contributed by atoms with Crippen molar-refractivity contribution < 1.29 is 15.0 Å². The first-order valence-corrected chi connectivity index (χ1v) is 6.23. The number of carbonyl (C=O) groups is 1. The molecule has 0 aliphatic carbocycles. The lowest BCUT2D eigenvalue weighted by Gasteiger charge is -2.22. The summed E-state index contributed by atoms with van der Waals surface area (Å²) in [6.07, 6.45) is 1.97. The van der Waals surface area contributed by atoms with Gasteiger partial charge < -0.3 is 15.1 Å². The number of hydrogen-bond donors (Lipinski definition) is 2. The number of hydrogen-bond acceptors (Lipinski definition) is 4. The minimum absolute atomic E-state index is 0.00355. The van der Waals surface area contributed by atoms with Crippen LogP contribution in [0.25, 0.3) is 0 Å². The number of aromatic nitrogens is 1. The van der Waals surface area contributed by atoms with E-state index in [1.54, 1.807) is 6.07 Å². The molecule has 5 nitrogen and oxygen atoms in total.